The fraction of sp³-hybridized carbons (Fsp3) is 0.417. The van der Waals surface area contributed by atoms with Gasteiger partial charge in [-0.3, -0.25) is 0 Å². The first-order valence-corrected chi connectivity index (χ1v) is 10.3. The molecule has 7 heteroatoms. The summed E-state index contributed by atoms with van der Waals surface area (Å²) < 4.78 is 93.8. The van der Waals surface area contributed by atoms with Crippen LogP contribution in [0.25, 0.3) is 5.83 Å². The van der Waals surface area contributed by atoms with Gasteiger partial charge in [0, 0.05) is 12.0 Å². The lowest BCUT2D eigenvalue weighted by Gasteiger charge is -2.29. The first kappa shape index (κ1) is 23.4. The fourth-order valence-corrected chi connectivity index (χ4v) is 4.25. The highest BCUT2D eigenvalue weighted by Crippen LogP contribution is 2.42. The lowest BCUT2D eigenvalue weighted by Crippen LogP contribution is -2.15. The molecule has 0 unspecified atom stereocenters. The highest BCUT2D eigenvalue weighted by molar-refractivity contribution is 5.61. The summed E-state index contributed by atoms with van der Waals surface area (Å²) in [6, 6.07) is 8.13. The molecule has 0 atom stereocenters. The third-order valence-corrected chi connectivity index (χ3v) is 5.89. The molecule has 3 rings (SSSR count). The maximum Gasteiger partial charge on any atom is 0.422 e. The van der Waals surface area contributed by atoms with Crippen LogP contribution in [-0.4, -0.2) is 0 Å². The summed E-state index contributed by atoms with van der Waals surface area (Å²) in [7, 11) is 0. The van der Waals surface area contributed by atoms with Gasteiger partial charge in [-0.15, -0.1) is 0 Å². The summed E-state index contributed by atoms with van der Waals surface area (Å²) in [6.45, 7) is 1.76. The Kier molecular flexibility index (Phi) is 7.12. The maximum absolute atomic E-state index is 14.1. The Morgan fingerprint density at radius 3 is 1.77 bits per heavy atom. The molecule has 1 aliphatic rings. The van der Waals surface area contributed by atoms with Gasteiger partial charge in [0.05, 0.1) is 0 Å². The largest absolute Gasteiger partial charge is 0.422 e. The average molecular weight is 444 g/mol. The van der Waals surface area contributed by atoms with Crippen molar-refractivity contribution in [3.63, 3.8) is 0 Å². The van der Waals surface area contributed by atoms with Crippen molar-refractivity contribution in [3.8, 4) is 0 Å². The van der Waals surface area contributed by atoms with Gasteiger partial charge in [-0.25, -0.2) is 17.6 Å². The molecule has 2 aromatic carbocycles. The van der Waals surface area contributed by atoms with E-state index < -0.39 is 35.0 Å². The van der Waals surface area contributed by atoms with E-state index in [1.165, 1.54) is 12.1 Å². The van der Waals surface area contributed by atoms with Crippen LogP contribution in [0.5, 0.6) is 0 Å². The van der Waals surface area contributed by atoms with Crippen molar-refractivity contribution in [2.45, 2.75) is 63.5 Å². The van der Waals surface area contributed by atoms with Crippen LogP contribution < -0.4 is 0 Å². The second kappa shape index (κ2) is 9.45. The third kappa shape index (κ3) is 5.31. The summed E-state index contributed by atoms with van der Waals surface area (Å²) in [6.07, 6.45) is -2.04. The van der Waals surface area contributed by atoms with E-state index in [-0.39, 0.29) is 29.4 Å². The zero-order valence-electron chi connectivity index (χ0n) is 17.0. The second-order valence-corrected chi connectivity index (χ2v) is 8.00. The highest BCUT2D eigenvalue weighted by atomic mass is 19.4. The molecule has 0 heterocycles. The molecule has 0 saturated heterocycles. The molecule has 1 aliphatic carbocycles. The number of halogens is 7. The molecular weight excluding hydrogens is 421 g/mol. The van der Waals surface area contributed by atoms with Gasteiger partial charge in [0.25, 0.3) is 0 Å². The van der Waals surface area contributed by atoms with E-state index in [1.54, 1.807) is 19.1 Å². The van der Waals surface area contributed by atoms with Crippen molar-refractivity contribution in [1.29, 1.82) is 0 Å². The Morgan fingerprint density at radius 2 is 1.32 bits per heavy atom. The summed E-state index contributed by atoms with van der Waals surface area (Å²) in [5.74, 6) is -4.90. The van der Waals surface area contributed by atoms with Gasteiger partial charge in [0.2, 0.25) is 0 Å². The Balaban J connectivity index is 1.68. The van der Waals surface area contributed by atoms with Gasteiger partial charge >= 0.3 is 6.18 Å². The molecule has 0 N–H and O–H groups in total. The molecule has 1 saturated carbocycles. The smallest absolute Gasteiger partial charge is 0.209 e. The van der Waals surface area contributed by atoms with E-state index in [4.69, 9.17) is 0 Å². The van der Waals surface area contributed by atoms with Crippen molar-refractivity contribution >= 4 is 5.83 Å². The molecule has 0 nitrogen and oxygen atoms in total. The number of hydrogen-bond donors (Lipinski definition) is 0. The van der Waals surface area contributed by atoms with E-state index in [0.29, 0.717) is 32.1 Å². The molecular formula is C24H23F7. The normalized spacial score (nSPS) is 20.5. The van der Waals surface area contributed by atoms with Gasteiger partial charge in [-0.2, -0.15) is 13.2 Å². The van der Waals surface area contributed by atoms with Crippen LogP contribution in [0, 0.1) is 11.6 Å². The van der Waals surface area contributed by atoms with Crippen LogP contribution in [-0.2, 0) is 6.18 Å². The first-order chi connectivity index (χ1) is 14.6. The van der Waals surface area contributed by atoms with Crippen molar-refractivity contribution in [3.05, 3.63) is 76.1 Å². The number of rotatable bonds is 5. The van der Waals surface area contributed by atoms with Crippen molar-refractivity contribution < 1.29 is 30.7 Å². The zero-order valence-corrected chi connectivity index (χ0v) is 17.0. The molecule has 0 radical (unpaired) electrons. The molecule has 168 valence electrons. The minimum Gasteiger partial charge on any atom is -0.209 e. The van der Waals surface area contributed by atoms with Crippen LogP contribution in [0.15, 0.2) is 42.2 Å². The minimum absolute atomic E-state index is 0.0444. The predicted molar refractivity (Wildman–Crippen MR) is 106 cm³/mol. The number of alkyl halides is 3. The van der Waals surface area contributed by atoms with E-state index >= 15 is 0 Å². The standard InChI is InChI=1S/C24H23F7/c1-2-3-19(25)23(28)17-10-8-15(9-11-17)14-4-6-16(7-5-14)18-12-20(26)22(21(27)13-18)24(29,30)31/h8-14,16H,2-7H2,1H3/b23-19+. The monoisotopic (exact) mass is 444 g/mol. The number of benzene rings is 2. The zero-order chi connectivity index (χ0) is 22.8. The molecule has 2 aromatic rings. The minimum atomic E-state index is -5.08. The van der Waals surface area contributed by atoms with Gasteiger partial charge in [0.1, 0.15) is 23.0 Å². The fourth-order valence-electron chi connectivity index (χ4n) is 4.25. The lowest BCUT2D eigenvalue weighted by molar-refractivity contribution is -0.142. The molecule has 0 bridgehead atoms. The van der Waals surface area contributed by atoms with Crippen LogP contribution in [0.4, 0.5) is 30.7 Å². The third-order valence-electron chi connectivity index (χ3n) is 5.89. The van der Waals surface area contributed by atoms with Crippen LogP contribution in [0.1, 0.15) is 79.5 Å². The van der Waals surface area contributed by atoms with Crippen LogP contribution >= 0.6 is 0 Å². The van der Waals surface area contributed by atoms with Gasteiger partial charge in [0.15, 0.2) is 5.83 Å². The molecule has 1 fully saturated rings. The van der Waals surface area contributed by atoms with E-state index in [0.717, 1.165) is 17.7 Å². The summed E-state index contributed by atoms with van der Waals surface area (Å²) >= 11 is 0. The first-order valence-electron chi connectivity index (χ1n) is 10.3. The quantitative estimate of drug-likeness (QED) is 0.404. The Labute approximate surface area is 176 Å². The van der Waals surface area contributed by atoms with E-state index in [9.17, 15) is 30.7 Å². The van der Waals surface area contributed by atoms with E-state index in [1.807, 2.05) is 0 Å². The van der Waals surface area contributed by atoms with Crippen molar-refractivity contribution in [1.82, 2.24) is 0 Å². The molecule has 0 aliphatic heterocycles. The van der Waals surface area contributed by atoms with Gasteiger partial charge in [-0.05, 0) is 67.2 Å². The van der Waals surface area contributed by atoms with Crippen LogP contribution in [0.2, 0.25) is 0 Å². The second-order valence-electron chi connectivity index (χ2n) is 8.00. The highest BCUT2D eigenvalue weighted by Gasteiger charge is 2.38. The summed E-state index contributed by atoms with van der Waals surface area (Å²) in [5.41, 5.74) is -0.494. The summed E-state index contributed by atoms with van der Waals surface area (Å²) in [4.78, 5) is 0. The molecule has 0 spiro atoms. The SMILES string of the molecule is CCC/C(F)=C(\F)c1ccc(C2CCC(c3cc(F)c(C(F)(F)F)c(F)c3)CC2)cc1. The van der Waals surface area contributed by atoms with Crippen molar-refractivity contribution in [2.24, 2.45) is 0 Å². The maximum atomic E-state index is 14.1. The average Bonchev–Trinajstić information content (AvgIpc) is 2.72. The molecule has 31 heavy (non-hydrogen) atoms. The van der Waals surface area contributed by atoms with Gasteiger partial charge < -0.3 is 0 Å². The topological polar surface area (TPSA) is 0 Å². The number of allylic oxidation sites excluding steroid dienone is 1. The van der Waals surface area contributed by atoms with Crippen molar-refractivity contribution in [2.75, 3.05) is 0 Å². The Bertz CT molecular complexity index is 910. The Hall–Kier alpha value is -2.31. The van der Waals surface area contributed by atoms with Crippen LogP contribution in [0.3, 0.4) is 0 Å². The molecule has 0 amide bonds. The number of hydrogen-bond acceptors (Lipinski definition) is 0. The Morgan fingerprint density at radius 1 is 0.839 bits per heavy atom. The summed E-state index contributed by atoms with van der Waals surface area (Å²) in [5, 5.41) is 0. The van der Waals surface area contributed by atoms with Gasteiger partial charge in [-0.1, -0.05) is 31.2 Å². The van der Waals surface area contributed by atoms with E-state index in [2.05, 4.69) is 0 Å². The molecule has 0 aromatic heterocycles. The lowest BCUT2D eigenvalue weighted by atomic mass is 9.76. The predicted octanol–water partition coefficient (Wildman–Crippen LogP) is 8.83.